The fourth-order valence-corrected chi connectivity index (χ4v) is 3.28. The number of anilines is 1. The molecule has 152 valence electrons. The summed E-state index contributed by atoms with van der Waals surface area (Å²) in [5, 5.41) is 9.70. The third-order valence-corrected chi connectivity index (χ3v) is 5.00. The number of amides is 1. The molecule has 1 aromatic heterocycles. The van der Waals surface area contributed by atoms with Crippen molar-refractivity contribution in [2.24, 2.45) is 10.9 Å². The van der Waals surface area contributed by atoms with Crippen LogP contribution >= 0.6 is 24.0 Å². The number of hydrogen-bond donors (Lipinski definition) is 3. The molecule has 6 nitrogen and oxygen atoms in total. The number of carbonyl (C=O) groups excluding carboxylic acids is 1. The number of halogens is 1. The molecule has 0 radical (unpaired) electrons. The first-order valence-corrected chi connectivity index (χ1v) is 9.55. The lowest BCUT2D eigenvalue weighted by Crippen LogP contribution is -2.44. The zero-order valence-corrected chi connectivity index (χ0v) is 18.7. The first-order chi connectivity index (χ1) is 13.1. The molecule has 1 aliphatic carbocycles. The Hall–Kier alpha value is -2.03. The molecule has 3 rings (SSSR count). The maximum Gasteiger partial charge on any atom is 0.291 e. The highest BCUT2D eigenvalue weighted by molar-refractivity contribution is 14.0. The molecule has 1 saturated carbocycles. The van der Waals surface area contributed by atoms with Gasteiger partial charge in [0.25, 0.3) is 5.91 Å². The topological polar surface area (TPSA) is 78.7 Å². The molecule has 2 aromatic rings. The van der Waals surface area contributed by atoms with Crippen LogP contribution in [0.2, 0.25) is 0 Å². The van der Waals surface area contributed by atoms with Crippen molar-refractivity contribution < 1.29 is 9.21 Å². The molecule has 1 fully saturated rings. The number of rotatable bonds is 5. The van der Waals surface area contributed by atoms with Gasteiger partial charge in [-0.2, -0.15) is 0 Å². The summed E-state index contributed by atoms with van der Waals surface area (Å²) in [6, 6.07) is 11.6. The van der Waals surface area contributed by atoms with E-state index in [1.807, 2.05) is 24.3 Å². The maximum atomic E-state index is 12.0. The monoisotopic (exact) mass is 496 g/mol. The summed E-state index contributed by atoms with van der Waals surface area (Å²) in [6.07, 6.45) is 6.44. The molecule has 7 heteroatoms. The Bertz CT molecular complexity index is 751. The van der Waals surface area contributed by atoms with Gasteiger partial charge in [-0.3, -0.25) is 9.79 Å². The smallest absolute Gasteiger partial charge is 0.291 e. The van der Waals surface area contributed by atoms with Crippen molar-refractivity contribution in [3.63, 3.8) is 0 Å². The molecule has 1 aromatic carbocycles. The highest BCUT2D eigenvalue weighted by Gasteiger charge is 2.18. The standard InChI is InChI=1S/C21H28N4O2.HI/c1-15-5-9-18(10-6-15)25-21(22-2)23-14-16-7-11-17(12-8-16)24-20(26)19-4-3-13-27-19;/h3-4,7-8,11-13,15,18H,5-6,9-10,14H2,1-2H3,(H,24,26)(H2,22,23,25);1H. The van der Waals surface area contributed by atoms with Crippen molar-refractivity contribution in [3.05, 3.63) is 54.0 Å². The number of furan rings is 1. The molecule has 1 aliphatic rings. The van der Waals surface area contributed by atoms with Gasteiger partial charge in [-0.25, -0.2) is 0 Å². The predicted octanol–water partition coefficient (Wildman–Crippen LogP) is 4.39. The average molecular weight is 496 g/mol. The summed E-state index contributed by atoms with van der Waals surface area (Å²) in [4.78, 5) is 16.3. The third-order valence-electron chi connectivity index (χ3n) is 5.00. The molecule has 0 aliphatic heterocycles. The van der Waals surface area contributed by atoms with Crippen LogP contribution < -0.4 is 16.0 Å². The fraction of sp³-hybridized carbons (Fsp3) is 0.429. The van der Waals surface area contributed by atoms with Crippen LogP contribution in [-0.2, 0) is 6.54 Å². The van der Waals surface area contributed by atoms with Crippen LogP contribution in [0.4, 0.5) is 5.69 Å². The molecule has 3 N–H and O–H groups in total. The molecule has 0 saturated heterocycles. The highest BCUT2D eigenvalue weighted by Crippen LogP contribution is 2.23. The van der Waals surface area contributed by atoms with E-state index in [2.05, 4.69) is 27.9 Å². The first kappa shape index (κ1) is 22.3. The Labute approximate surface area is 183 Å². The second-order valence-electron chi connectivity index (χ2n) is 7.16. The minimum atomic E-state index is -0.253. The van der Waals surface area contributed by atoms with E-state index in [9.17, 15) is 4.79 Å². The van der Waals surface area contributed by atoms with Gasteiger partial charge in [0.15, 0.2) is 11.7 Å². The van der Waals surface area contributed by atoms with Gasteiger partial charge in [-0.1, -0.05) is 19.1 Å². The second kappa shape index (κ2) is 11.1. The summed E-state index contributed by atoms with van der Waals surface area (Å²) in [6.45, 7) is 3.00. The quantitative estimate of drug-likeness (QED) is 0.326. The average Bonchev–Trinajstić information content (AvgIpc) is 3.23. The zero-order chi connectivity index (χ0) is 19.1. The van der Waals surface area contributed by atoms with Gasteiger partial charge in [0.05, 0.1) is 6.26 Å². The van der Waals surface area contributed by atoms with Crippen LogP contribution in [0.3, 0.4) is 0 Å². The first-order valence-electron chi connectivity index (χ1n) is 9.55. The van der Waals surface area contributed by atoms with Gasteiger partial charge in [0.1, 0.15) is 0 Å². The molecule has 1 heterocycles. The van der Waals surface area contributed by atoms with E-state index < -0.39 is 0 Å². The predicted molar refractivity (Wildman–Crippen MR) is 123 cm³/mol. The van der Waals surface area contributed by atoms with Crippen molar-refractivity contribution in [1.82, 2.24) is 10.6 Å². The SMILES string of the molecule is CN=C(NCc1ccc(NC(=O)c2ccco2)cc1)NC1CCC(C)CC1.I. The van der Waals surface area contributed by atoms with Gasteiger partial charge in [0.2, 0.25) is 0 Å². The Kier molecular flexibility index (Phi) is 8.82. The van der Waals surface area contributed by atoms with E-state index >= 15 is 0 Å². The normalized spacial score (nSPS) is 19.4. The minimum Gasteiger partial charge on any atom is -0.459 e. The summed E-state index contributed by atoms with van der Waals surface area (Å²) in [5.74, 6) is 1.72. The van der Waals surface area contributed by atoms with E-state index in [4.69, 9.17) is 4.42 Å². The molecule has 0 atom stereocenters. The van der Waals surface area contributed by atoms with E-state index in [1.54, 1.807) is 19.2 Å². The number of nitrogens with one attached hydrogen (secondary N) is 3. The number of nitrogens with zero attached hydrogens (tertiary/aromatic N) is 1. The molecular formula is C21H29IN4O2. The van der Waals surface area contributed by atoms with E-state index in [1.165, 1.54) is 31.9 Å². The van der Waals surface area contributed by atoms with Crippen molar-refractivity contribution in [1.29, 1.82) is 0 Å². The van der Waals surface area contributed by atoms with Crippen LogP contribution in [0.1, 0.15) is 48.7 Å². The number of carbonyl (C=O) groups is 1. The fourth-order valence-electron chi connectivity index (χ4n) is 3.28. The lowest BCUT2D eigenvalue weighted by atomic mass is 9.87. The highest BCUT2D eigenvalue weighted by atomic mass is 127. The largest absolute Gasteiger partial charge is 0.459 e. The Morgan fingerprint density at radius 3 is 2.46 bits per heavy atom. The van der Waals surface area contributed by atoms with Crippen molar-refractivity contribution >= 4 is 41.5 Å². The van der Waals surface area contributed by atoms with Gasteiger partial charge in [-0.05, 0) is 61.4 Å². The van der Waals surface area contributed by atoms with E-state index in [0.29, 0.717) is 18.3 Å². The third kappa shape index (κ3) is 6.54. The van der Waals surface area contributed by atoms with E-state index in [0.717, 1.165) is 23.1 Å². The molecule has 0 bridgehead atoms. The summed E-state index contributed by atoms with van der Waals surface area (Å²) in [5.41, 5.74) is 1.85. The minimum absolute atomic E-state index is 0. The van der Waals surface area contributed by atoms with Crippen LogP contribution in [-0.4, -0.2) is 25.0 Å². The Balaban J connectivity index is 0.00000280. The second-order valence-corrected chi connectivity index (χ2v) is 7.16. The summed E-state index contributed by atoms with van der Waals surface area (Å²) < 4.78 is 5.09. The van der Waals surface area contributed by atoms with Crippen molar-refractivity contribution in [2.45, 2.75) is 45.2 Å². The van der Waals surface area contributed by atoms with Gasteiger partial charge < -0.3 is 20.4 Å². The Morgan fingerprint density at radius 2 is 1.86 bits per heavy atom. The number of hydrogen-bond acceptors (Lipinski definition) is 3. The lowest BCUT2D eigenvalue weighted by molar-refractivity contribution is 0.0996. The molecule has 1 amide bonds. The molecule has 28 heavy (non-hydrogen) atoms. The summed E-state index contributed by atoms with van der Waals surface area (Å²) in [7, 11) is 1.80. The van der Waals surface area contributed by atoms with Crippen LogP contribution in [0, 0.1) is 5.92 Å². The van der Waals surface area contributed by atoms with Crippen LogP contribution in [0.5, 0.6) is 0 Å². The van der Waals surface area contributed by atoms with Crippen molar-refractivity contribution in [2.75, 3.05) is 12.4 Å². The zero-order valence-electron chi connectivity index (χ0n) is 16.4. The number of guanidine groups is 1. The van der Waals surface area contributed by atoms with Gasteiger partial charge in [-0.15, -0.1) is 24.0 Å². The van der Waals surface area contributed by atoms with Gasteiger partial charge >= 0.3 is 0 Å². The maximum absolute atomic E-state index is 12.0. The van der Waals surface area contributed by atoms with Crippen LogP contribution in [0.15, 0.2) is 52.1 Å². The Morgan fingerprint density at radius 1 is 1.14 bits per heavy atom. The van der Waals surface area contributed by atoms with E-state index in [-0.39, 0.29) is 29.9 Å². The van der Waals surface area contributed by atoms with Crippen molar-refractivity contribution in [3.8, 4) is 0 Å². The van der Waals surface area contributed by atoms with Gasteiger partial charge in [0, 0.05) is 25.3 Å². The van der Waals surface area contributed by atoms with Crippen LogP contribution in [0.25, 0.3) is 0 Å². The molecular weight excluding hydrogens is 467 g/mol. The molecule has 0 unspecified atom stereocenters. The number of benzene rings is 1. The number of aliphatic imine (C=N–C) groups is 1. The molecule has 0 spiro atoms. The summed E-state index contributed by atoms with van der Waals surface area (Å²) >= 11 is 0. The lowest BCUT2D eigenvalue weighted by Gasteiger charge is -2.28.